The summed E-state index contributed by atoms with van der Waals surface area (Å²) in [6, 6.07) is 21.2. The summed E-state index contributed by atoms with van der Waals surface area (Å²) in [6.07, 6.45) is 1.62. The van der Waals surface area contributed by atoms with Crippen LogP contribution in [-0.4, -0.2) is 19.8 Å². The largest absolute Gasteiger partial charge is 0.463 e. The molecule has 0 saturated carbocycles. The fourth-order valence-corrected chi connectivity index (χ4v) is 4.86. The second-order valence-electron chi connectivity index (χ2n) is 7.91. The van der Waals surface area contributed by atoms with Crippen LogP contribution < -0.4 is 10.4 Å². The van der Waals surface area contributed by atoms with E-state index in [9.17, 15) is 4.79 Å². The molecule has 176 valence electrons. The van der Waals surface area contributed by atoms with E-state index in [-0.39, 0.29) is 5.56 Å². The Kier molecular flexibility index (Phi) is 6.27. The SMILES string of the molecule is CC(=Nn1c(-c2ccc(Br)cc2)csc1=Nc1c(C)n(C)n(-c2ccccc2)c1=O)c1ccco1. The molecule has 5 aromatic rings. The number of rotatable bonds is 5. The Labute approximate surface area is 214 Å². The maximum absolute atomic E-state index is 13.4. The van der Waals surface area contributed by atoms with E-state index in [1.54, 1.807) is 15.6 Å². The van der Waals surface area contributed by atoms with Crippen LogP contribution in [0.25, 0.3) is 16.9 Å². The van der Waals surface area contributed by atoms with E-state index < -0.39 is 0 Å². The zero-order valence-corrected chi connectivity index (χ0v) is 21.7. The van der Waals surface area contributed by atoms with Gasteiger partial charge in [-0.25, -0.2) is 14.4 Å². The first-order chi connectivity index (χ1) is 16.9. The Morgan fingerprint density at radius 2 is 1.77 bits per heavy atom. The molecule has 5 rings (SSSR count). The lowest BCUT2D eigenvalue weighted by molar-refractivity contribution is 0.556. The van der Waals surface area contributed by atoms with Crippen LogP contribution in [0.4, 0.5) is 5.69 Å². The molecule has 0 radical (unpaired) electrons. The van der Waals surface area contributed by atoms with Gasteiger partial charge in [0.2, 0.25) is 4.80 Å². The van der Waals surface area contributed by atoms with Gasteiger partial charge in [0.1, 0.15) is 11.5 Å². The zero-order chi connectivity index (χ0) is 24.5. The van der Waals surface area contributed by atoms with Crippen LogP contribution >= 0.6 is 27.3 Å². The number of para-hydroxylation sites is 1. The van der Waals surface area contributed by atoms with Gasteiger partial charge in [0.15, 0.2) is 5.69 Å². The topological polar surface area (TPSA) is 69.7 Å². The summed E-state index contributed by atoms with van der Waals surface area (Å²) in [7, 11) is 1.86. The van der Waals surface area contributed by atoms with Crippen molar-refractivity contribution in [3.63, 3.8) is 0 Å². The molecule has 35 heavy (non-hydrogen) atoms. The van der Waals surface area contributed by atoms with Crippen molar-refractivity contribution in [3.05, 3.63) is 109 Å². The monoisotopic (exact) mass is 547 g/mol. The van der Waals surface area contributed by atoms with Crippen molar-refractivity contribution >= 4 is 38.7 Å². The summed E-state index contributed by atoms with van der Waals surface area (Å²) in [5.74, 6) is 0.665. The van der Waals surface area contributed by atoms with E-state index in [1.807, 2.05) is 97.7 Å². The fraction of sp³-hybridized carbons (Fsp3) is 0.115. The summed E-state index contributed by atoms with van der Waals surface area (Å²) >= 11 is 4.92. The number of furan rings is 1. The lowest BCUT2D eigenvalue weighted by Gasteiger charge is -2.07. The Bertz CT molecular complexity index is 1640. The van der Waals surface area contributed by atoms with Gasteiger partial charge in [-0.05, 0) is 50.2 Å². The first kappa shape index (κ1) is 23.1. The van der Waals surface area contributed by atoms with E-state index in [0.29, 0.717) is 22.0 Å². The molecule has 3 heterocycles. The molecule has 0 saturated heterocycles. The third kappa shape index (κ3) is 4.40. The summed E-state index contributed by atoms with van der Waals surface area (Å²) in [5.41, 5.74) is 4.27. The highest BCUT2D eigenvalue weighted by Crippen LogP contribution is 2.24. The van der Waals surface area contributed by atoms with Crippen molar-refractivity contribution in [2.45, 2.75) is 13.8 Å². The average molecular weight is 548 g/mol. The van der Waals surface area contributed by atoms with Crippen LogP contribution in [-0.2, 0) is 7.05 Å². The molecule has 0 N–H and O–H groups in total. The smallest absolute Gasteiger partial charge is 0.297 e. The van der Waals surface area contributed by atoms with Crippen LogP contribution in [0.5, 0.6) is 0 Å². The van der Waals surface area contributed by atoms with Gasteiger partial charge in [0.05, 0.1) is 23.3 Å². The summed E-state index contributed by atoms with van der Waals surface area (Å²) in [5, 5.41) is 6.83. The predicted octanol–water partition coefficient (Wildman–Crippen LogP) is 5.87. The summed E-state index contributed by atoms with van der Waals surface area (Å²) in [4.78, 5) is 18.8. The first-order valence-electron chi connectivity index (χ1n) is 10.9. The number of nitrogens with zero attached hydrogens (tertiary/aromatic N) is 5. The second kappa shape index (κ2) is 9.52. The van der Waals surface area contributed by atoms with Crippen LogP contribution in [0.3, 0.4) is 0 Å². The lowest BCUT2D eigenvalue weighted by atomic mass is 10.2. The molecular weight excluding hydrogens is 526 g/mol. The van der Waals surface area contributed by atoms with E-state index in [2.05, 4.69) is 15.9 Å². The van der Waals surface area contributed by atoms with Gasteiger partial charge in [-0.1, -0.05) is 46.3 Å². The lowest BCUT2D eigenvalue weighted by Crippen LogP contribution is -2.20. The van der Waals surface area contributed by atoms with Gasteiger partial charge >= 0.3 is 0 Å². The Hall–Kier alpha value is -3.69. The minimum Gasteiger partial charge on any atom is -0.463 e. The van der Waals surface area contributed by atoms with E-state index in [1.165, 1.54) is 11.3 Å². The molecule has 9 heteroatoms. The maximum Gasteiger partial charge on any atom is 0.297 e. The molecule has 0 bridgehead atoms. The normalized spacial score (nSPS) is 12.5. The number of halogens is 1. The first-order valence-corrected chi connectivity index (χ1v) is 12.6. The molecule has 0 aliphatic carbocycles. The standard InChI is InChI=1S/C26H22BrN5O2S/c1-17(23-10-7-15-34-23)29-31-22(19-11-13-20(27)14-12-19)16-35-26(31)28-24-18(2)30(3)32(25(24)33)21-8-5-4-6-9-21/h4-16H,1-3H3. The number of thiazole rings is 1. The number of hydrogen-bond acceptors (Lipinski definition) is 5. The van der Waals surface area contributed by atoms with Gasteiger partial charge in [-0.3, -0.25) is 9.48 Å². The van der Waals surface area contributed by atoms with Crippen LogP contribution in [0.2, 0.25) is 0 Å². The maximum atomic E-state index is 13.4. The minimum absolute atomic E-state index is 0.187. The molecule has 7 nitrogen and oxygen atoms in total. The third-order valence-corrected chi connectivity index (χ3v) is 7.03. The highest BCUT2D eigenvalue weighted by molar-refractivity contribution is 9.10. The average Bonchev–Trinajstić information content (AvgIpc) is 3.58. The molecule has 0 aliphatic rings. The van der Waals surface area contributed by atoms with Gasteiger partial charge in [0, 0.05) is 22.5 Å². The van der Waals surface area contributed by atoms with Crippen molar-refractivity contribution in [2.24, 2.45) is 17.1 Å². The molecule has 0 aliphatic heterocycles. The van der Waals surface area contributed by atoms with Crippen molar-refractivity contribution in [1.82, 2.24) is 14.0 Å². The third-order valence-electron chi connectivity index (χ3n) is 5.68. The van der Waals surface area contributed by atoms with Crippen molar-refractivity contribution < 1.29 is 4.42 Å². The highest BCUT2D eigenvalue weighted by atomic mass is 79.9. The van der Waals surface area contributed by atoms with E-state index in [0.717, 1.165) is 27.1 Å². The van der Waals surface area contributed by atoms with Crippen LogP contribution in [0, 0.1) is 6.92 Å². The number of aromatic nitrogens is 3. The Morgan fingerprint density at radius 1 is 1.03 bits per heavy atom. The van der Waals surface area contributed by atoms with Crippen molar-refractivity contribution in [3.8, 4) is 16.9 Å². The second-order valence-corrected chi connectivity index (χ2v) is 9.66. The Balaban J connectivity index is 1.73. The molecule has 0 unspecified atom stereocenters. The van der Waals surface area contributed by atoms with Gasteiger partial charge in [-0.2, -0.15) is 5.10 Å². The fourth-order valence-electron chi connectivity index (χ4n) is 3.76. The molecular formula is C26H22BrN5O2S. The van der Waals surface area contributed by atoms with Crippen molar-refractivity contribution in [1.29, 1.82) is 0 Å². The van der Waals surface area contributed by atoms with Crippen molar-refractivity contribution in [2.75, 3.05) is 0 Å². The predicted molar refractivity (Wildman–Crippen MR) is 143 cm³/mol. The quantitative estimate of drug-likeness (QED) is 0.258. The molecule has 2 aromatic carbocycles. The summed E-state index contributed by atoms with van der Waals surface area (Å²) < 4.78 is 11.7. The molecule has 0 amide bonds. The zero-order valence-electron chi connectivity index (χ0n) is 19.3. The van der Waals surface area contributed by atoms with E-state index >= 15 is 0 Å². The van der Waals surface area contributed by atoms with Crippen LogP contribution in [0.1, 0.15) is 18.4 Å². The minimum atomic E-state index is -0.187. The molecule has 3 aromatic heterocycles. The molecule has 0 fully saturated rings. The van der Waals surface area contributed by atoms with Crippen LogP contribution in [0.15, 0.2) is 102 Å². The highest BCUT2D eigenvalue weighted by Gasteiger charge is 2.17. The molecule has 0 spiro atoms. The number of hydrogen-bond donors (Lipinski definition) is 0. The van der Waals surface area contributed by atoms with Gasteiger partial charge < -0.3 is 4.42 Å². The van der Waals surface area contributed by atoms with E-state index in [4.69, 9.17) is 14.5 Å². The van der Waals surface area contributed by atoms with Gasteiger partial charge in [0.25, 0.3) is 5.56 Å². The van der Waals surface area contributed by atoms with Gasteiger partial charge in [-0.15, -0.1) is 11.3 Å². The summed E-state index contributed by atoms with van der Waals surface area (Å²) in [6.45, 7) is 3.78. The molecule has 0 atom stereocenters. The number of benzene rings is 2. The Morgan fingerprint density at radius 3 is 2.46 bits per heavy atom.